The molecular formula is C7H10N3. The number of hydrogen-bond acceptors (Lipinski definition) is 3. The van der Waals surface area contributed by atoms with Gasteiger partial charge in [0.2, 0.25) is 0 Å². The number of hydrogen-bond donors (Lipinski definition) is 0. The summed E-state index contributed by atoms with van der Waals surface area (Å²) in [6.45, 7) is 4.24. The van der Waals surface area contributed by atoms with Crippen LogP contribution in [0.15, 0.2) is 6.20 Å². The van der Waals surface area contributed by atoms with Gasteiger partial charge < -0.3 is 0 Å². The normalized spacial score (nSPS) is 10.3. The van der Waals surface area contributed by atoms with Gasteiger partial charge in [0.05, 0.1) is 6.20 Å². The molecule has 0 fully saturated rings. The molecule has 0 aliphatic carbocycles. The van der Waals surface area contributed by atoms with Crippen LogP contribution < -0.4 is 0 Å². The highest BCUT2D eigenvalue weighted by molar-refractivity contribution is 4.81. The highest BCUT2D eigenvalue weighted by Crippen LogP contribution is 1.98. The first-order valence-corrected chi connectivity index (χ1v) is 3.33. The smallest absolute Gasteiger partial charge is 0.151 e. The molecule has 1 rings (SSSR count). The summed E-state index contributed by atoms with van der Waals surface area (Å²) in [5.41, 5.74) is 0. The first-order chi connectivity index (χ1) is 4.79. The molecule has 0 atom stereocenters. The minimum atomic E-state index is 0.581. The summed E-state index contributed by atoms with van der Waals surface area (Å²) >= 11 is 0. The Morgan fingerprint density at radius 2 is 2.40 bits per heavy atom. The van der Waals surface area contributed by atoms with E-state index >= 15 is 0 Å². The Balaban J connectivity index is 2.59. The van der Waals surface area contributed by atoms with E-state index in [-0.39, 0.29) is 0 Å². The Labute approximate surface area is 60.5 Å². The molecule has 0 N–H and O–H groups in total. The van der Waals surface area contributed by atoms with Crippen molar-refractivity contribution in [2.75, 3.05) is 0 Å². The summed E-state index contributed by atoms with van der Waals surface area (Å²) in [5, 5.41) is 7.50. The molecule has 0 aliphatic heterocycles. The molecule has 0 unspecified atom stereocenters. The van der Waals surface area contributed by atoms with Crippen molar-refractivity contribution in [1.82, 2.24) is 15.2 Å². The molecule has 0 bridgehead atoms. The lowest BCUT2D eigenvalue weighted by Gasteiger charge is -1.99. The molecule has 0 saturated carbocycles. The van der Waals surface area contributed by atoms with Gasteiger partial charge in [0.15, 0.2) is 5.82 Å². The van der Waals surface area contributed by atoms with E-state index in [1.54, 1.807) is 0 Å². The van der Waals surface area contributed by atoms with Gasteiger partial charge in [-0.15, -0.1) is 5.10 Å². The van der Waals surface area contributed by atoms with Gasteiger partial charge >= 0.3 is 0 Å². The number of aromatic nitrogens is 3. The molecule has 0 saturated heterocycles. The Hall–Kier alpha value is -0.990. The van der Waals surface area contributed by atoms with E-state index < -0.39 is 0 Å². The molecule has 53 valence electrons. The van der Waals surface area contributed by atoms with Gasteiger partial charge in [-0.1, -0.05) is 13.8 Å². The molecular weight excluding hydrogens is 126 g/mol. The van der Waals surface area contributed by atoms with E-state index in [0.717, 1.165) is 12.2 Å². The third kappa shape index (κ3) is 2.09. The fraction of sp³-hybridized carbons (Fsp3) is 0.571. The Bertz CT molecular complexity index is 183. The van der Waals surface area contributed by atoms with Gasteiger partial charge in [-0.3, -0.25) is 0 Å². The van der Waals surface area contributed by atoms with Crippen LogP contribution in [0.25, 0.3) is 0 Å². The van der Waals surface area contributed by atoms with Crippen molar-refractivity contribution in [1.29, 1.82) is 0 Å². The van der Waals surface area contributed by atoms with Gasteiger partial charge in [0.25, 0.3) is 0 Å². The van der Waals surface area contributed by atoms with E-state index in [4.69, 9.17) is 0 Å². The third-order valence-corrected chi connectivity index (χ3v) is 1.07. The molecule has 3 nitrogen and oxygen atoms in total. The lowest BCUT2D eigenvalue weighted by molar-refractivity contribution is 0.610. The van der Waals surface area contributed by atoms with Crippen LogP contribution in [-0.2, 0) is 6.42 Å². The lowest BCUT2D eigenvalue weighted by Crippen LogP contribution is -2.00. The average molecular weight is 136 g/mol. The Kier molecular flexibility index (Phi) is 2.31. The highest BCUT2D eigenvalue weighted by Gasteiger charge is 1.98. The van der Waals surface area contributed by atoms with E-state index in [2.05, 4.69) is 35.2 Å². The molecule has 0 spiro atoms. The number of nitrogens with zero attached hydrogens (tertiary/aromatic N) is 3. The van der Waals surface area contributed by atoms with Crippen LogP contribution in [0.3, 0.4) is 0 Å². The predicted molar refractivity (Wildman–Crippen MR) is 37.2 cm³/mol. The van der Waals surface area contributed by atoms with Gasteiger partial charge in [0.1, 0.15) is 6.20 Å². The summed E-state index contributed by atoms with van der Waals surface area (Å²) in [5.74, 6) is 1.36. The highest BCUT2D eigenvalue weighted by atomic mass is 15.1. The molecule has 1 aromatic rings. The maximum absolute atomic E-state index is 3.92. The second-order valence-corrected chi connectivity index (χ2v) is 2.60. The predicted octanol–water partition coefficient (Wildman–Crippen LogP) is 0.870. The van der Waals surface area contributed by atoms with Crippen LogP contribution in [0, 0.1) is 12.1 Å². The first-order valence-electron chi connectivity index (χ1n) is 3.33. The van der Waals surface area contributed by atoms with Crippen molar-refractivity contribution < 1.29 is 0 Å². The van der Waals surface area contributed by atoms with E-state index in [1.807, 2.05) is 0 Å². The Morgan fingerprint density at radius 3 is 2.90 bits per heavy atom. The quantitative estimate of drug-likeness (QED) is 0.605. The van der Waals surface area contributed by atoms with Gasteiger partial charge in [-0.25, -0.2) is 4.98 Å². The second-order valence-electron chi connectivity index (χ2n) is 2.60. The van der Waals surface area contributed by atoms with Gasteiger partial charge in [0, 0.05) is 6.42 Å². The van der Waals surface area contributed by atoms with Crippen LogP contribution >= 0.6 is 0 Å². The monoisotopic (exact) mass is 136 g/mol. The molecule has 10 heavy (non-hydrogen) atoms. The van der Waals surface area contributed by atoms with Crippen molar-refractivity contribution in [3.63, 3.8) is 0 Å². The summed E-state index contributed by atoms with van der Waals surface area (Å²) < 4.78 is 0. The summed E-state index contributed by atoms with van der Waals surface area (Å²) in [6, 6.07) is 0. The van der Waals surface area contributed by atoms with E-state index in [1.165, 1.54) is 6.20 Å². The summed E-state index contributed by atoms with van der Waals surface area (Å²) in [7, 11) is 0. The van der Waals surface area contributed by atoms with Crippen LogP contribution in [0.5, 0.6) is 0 Å². The molecule has 1 aromatic heterocycles. The fourth-order valence-electron chi connectivity index (χ4n) is 0.699. The topological polar surface area (TPSA) is 38.7 Å². The molecule has 0 amide bonds. The molecule has 0 aromatic carbocycles. The van der Waals surface area contributed by atoms with E-state index in [9.17, 15) is 0 Å². The SMILES string of the molecule is CC(C)Cc1n[c]cnn1. The minimum Gasteiger partial charge on any atom is -0.228 e. The third-order valence-electron chi connectivity index (χ3n) is 1.07. The van der Waals surface area contributed by atoms with Crippen molar-refractivity contribution >= 4 is 0 Å². The van der Waals surface area contributed by atoms with Crippen molar-refractivity contribution in [3.05, 3.63) is 18.2 Å². The molecule has 0 aliphatic rings. The van der Waals surface area contributed by atoms with Crippen LogP contribution in [0.4, 0.5) is 0 Å². The minimum absolute atomic E-state index is 0.581. The molecule has 3 heteroatoms. The lowest BCUT2D eigenvalue weighted by atomic mass is 10.1. The van der Waals surface area contributed by atoms with Crippen LogP contribution in [0.1, 0.15) is 19.7 Å². The zero-order valence-corrected chi connectivity index (χ0v) is 6.20. The maximum atomic E-state index is 3.92. The van der Waals surface area contributed by atoms with E-state index in [0.29, 0.717) is 5.92 Å². The standard InChI is InChI=1S/C7H10N3/c1-6(2)5-7-8-3-4-9-10-7/h4,6H,5H2,1-2H3. The average Bonchev–Trinajstić information content (AvgIpc) is 1.88. The van der Waals surface area contributed by atoms with Crippen LogP contribution in [-0.4, -0.2) is 15.2 Å². The second kappa shape index (κ2) is 3.25. The fourth-order valence-corrected chi connectivity index (χ4v) is 0.699. The van der Waals surface area contributed by atoms with Crippen molar-refractivity contribution in [2.45, 2.75) is 20.3 Å². The Morgan fingerprint density at radius 1 is 1.60 bits per heavy atom. The van der Waals surface area contributed by atoms with Crippen molar-refractivity contribution in [3.8, 4) is 0 Å². The first kappa shape index (κ1) is 7.12. The zero-order valence-electron chi connectivity index (χ0n) is 6.20. The van der Waals surface area contributed by atoms with Gasteiger partial charge in [-0.2, -0.15) is 5.10 Å². The van der Waals surface area contributed by atoms with Crippen molar-refractivity contribution in [2.24, 2.45) is 5.92 Å². The summed E-state index contributed by atoms with van der Waals surface area (Å²) in [4.78, 5) is 3.92. The molecule has 1 radical (unpaired) electrons. The number of rotatable bonds is 2. The van der Waals surface area contributed by atoms with Crippen LogP contribution in [0.2, 0.25) is 0 Å². The molecule has 1 heterocycles. The largest absolute Gasteiger partial charge is 0.228 e. The summed E-state index contributed by atoms with van der Waals surface area (Å²) in [6.07, 6.45) is 4.98. The maximum Gasteiger partial charge on any atom is 0.151 e. The zero-order chi connectivity index (χ0) is 7.40. The van der Waals surface area contributed by atoms with Gasteiger partial charge in [-0.05, 0) is 5.92 Å².